The normalized spacial score (nSPS) is 31.9. The van der Waals surface area contributed by atoms with Gasteiger partial charge in [-0.3, -0.25) is 4.79 Å². The molecule has 86 valence electrons. The summed E-state index contributed by atoms with van der Waals surface area (Å²) in [5.74, 6) is 0.322. The summed E-state index contributed by atoms with van der Waals surface area (Å²) in [5.41, 5.74) is 0. The summed E-state index contributed by atoms with van der Waals surface area (Å²) >= 11 is 0. The standard InChI is InChI=1S/C11H21N3O/c1-9-8-14(6-5-12-9)11(15)7-10-3-2-4-13-10/h9-10,12-13H,2-8H2,1H3/t9-,10?/m1/s1. The van der Waals surface area contributed by atoms with Crippen LogP contribution in [0.1, 0.15) is 26.2 Å². The van der Waals surface area contributed by atoms with E-state index < -0.39 is 0 Å². The van der Waals surface area contributed by atoms with Crippen LogP contribution in [0.25, 0.3) is 0 Å². The number of amides is 1. The first-order valence-corrected chi connectivity index (χ1v) is 6.00. The van der Waals surface area contributed by atoms with Crippen molar-refractivity contribution in [2.24, 2.45) is 0 Å². The van der Waals surface area contributed by atoms with E-state index in [1.54, 1.807) is 0 Å². The molecule has 2 heterocycles. The van der Waals surface area contributed by atoms with Gasteiger partial charge < -0.3 is 15.5 Å². The number of nitrogens with zero attached hydrogens (tertiary/aromatic N) is 1. The number of hydrogen-bond donors (Lipinski definition) is 2. The highest BCUT2D eigenvalue weighted by atomic mass is 16.2. The molecular weight excluding hydrogens is 190 g/mol. The first kappa shape index (κ1) is 10.9. The Morgan fingerprint density at radius 3 is 2.93 bits per heavy atom. The molecular formula is C11H21N3O. The van der Waals surface area contributed by atoms with Crippen LogP contribution in [0.4, 0.5) is 0 Å². The second kappa shape index (κ2) is 4.94. The molecule has 2 fully saturated rings. The molecule has 0 saturated carbocycles. The smallest absolute Gasteiger partial charge is 0.224 e. The Hall–Kier alpha value is -0.610. The van der Waals surface area contributed by atoms with Crippen molar-refractivity contribution in [2.45, 2.75) is 38.3 Å². The van der Waals surface area contributed by atoms with Gasteiger partial charge in [0.05, 0.1) is 0 Å². The molecule has 4 nitrogen and oxygen atoms in total. The SMILES string of the molecule is C[C@@H]1CN(C(=O)CC2CCCN2)CCN1. The Kier molecular flexibility index (Phi) is 3.59. The summed E-state index contributed by atoms with van der Waals surface area (Å²) < 4.78 is 0. The lowest BCUT2D eigenvalue weighted by Crippen LogP contribution is -2.52. The summed E-state index contributed by atoms with van der Waals surface area (Å²) in [5, 5.41) is 6.73. The maximum Gasteiger partial charge on any atom is 0.224 e. The minimum Gasteiger partial charge on any atom is -0.340 e. The van der Waals surface area contributed by atoms with Crippen LogP contribution in [-0.2, 0) is 4.79 Å². The van der Waals surface area contributed by atoms with Crippen LogP contribution in [0.15, 0.2) is 0 Å². The molecule has 2 N–H and O–H groups in total. The van der Waals surface area contributed by atoms with Crippen LogP contribution in [0.2, 0.25) is 0 Å². The number of carbonyl (C=O) groups is 1. The molecule has 15 heavy (non-hydrogen) atoms. The van der Waals surface area contributed by atoms with Crippen molar-refractivity contribution in [3.05, 3.63) is 0 Å². The third-order valence-corrected chi connectivity index (χ3v) is 3.30. The van der Waals surface area contributed by atoms with Gasteiger partial charge in [0.2, 0.25) is 5.91 Å². The van der Waals surface area contributed by atoms with Crippen molar-refractivity contribution in [3.8, 4) is 0 Å². The van der Waals surface area contributed by atoms with E-state index in [0.717, 1.165) is 32.6 Å². The number of hydrogen-bond acceptors (Lipinski definition) is 3. The Morgan fingerprint density at radius 1 is 1.40 bits per heavy atom. The van der Waals surface area contributed by atoms with E-state index in [1.165, 1.54) is 6.42 Å². The summed E-state index contributed by atoms with van der Waals surface area (Å²) in [4.78, 5) is 14.0. The second-order valence-corrected chi connectivity index (χ2v) is 4.69. The minimum atomic E-state index is 0.322. The van der Waals surface area contributed by atoms with Gasteiger partial charge in [0.25, 0.3) is 0 Å². The van der Waals surface area contributed by atoms with Crippen LogP contribution < -0.4 is 10.6 Å². The first-order chi connectivity index (χ1) is 7.25. The third kappa shape index (κ3) is 2.92. The monoisotopic (exact) mass is 211 g/mol. The highest BCUT2D eigenvalue weighted by Gasteiger charge is 2.24. The van der Waals surface area contributed by atoms with Gasteiger partial charge in [-0.2, -0.15) is 0 Å². The maximum atomic E-state index is 12.0. The molecule has 0 aromatic rings. The zero-order valence-corrected chi connectivity index (χ0v) is 9.46. The maximum absolute atomic E-state index is 12.0. The number of piperazine rings is 1. The van der Waals surface area contributed by atoms with Gasteiger partial charge in [-0.15, -0.1) is 0 Å². The summed E-state index contributed by atoms with van der Waals surface area (Å²) in [6.45, 7) is 5.88. The van der Waals surface area contributed by atoms with Gasteiger partial charge in [-0.1, -0.05) is 0 Å². The summed E-state index contributed by atoms with van der Waals surface area (Å²) in [6.07, 6.45) is 3.07. The van der Waals surface area contributed by atoms with Crippen molar-refractivity contribution in [2.75, 3.05) is 26.2 Å². The van der Waals surface area contributed by atoms with E-state index in [2.05, 4.69) is 17.6 Å². The Balaban J connectivity index is 1.78. The van der Waals surface area contributed by atoms with Crippen molar-refractivity contribution in [1.82, 2.24) is 15.5 Å². The molecule has 2 aliphatic heterocycles. The molecule has 1 unspecified atom stereocenters. The summed E-state index contributed by atoms with van der Waals surface area (Å²) in [6, 6.07) is 0.877. The lowest BCUT2D eigenvalue weighted by atomic mass is 10.1. The fourth-order valence-corrected chi connectivity index (χ4v) is 2.43. The fraction of sp³-hybridized carbons (Fsp3) is 0.909. The van der Waals surface area contributed by atoms with E-state index in [9.17, 15) is 4.79 Å². The zero-order valence-electron chi connectivity index (χ0n) is 9.46. The van der Waals surface area contributed by atoms with Crippen LogP contribution >= 0.6 is 0 Å². The molecule has 2 aliphatic rings. The van der Waals surface area contributed by atoms with Gasteiger partial charge >= 0.3 is 0 Å². The van der Waals surface area contributed by atoms with Gasteiger partial charge in [0.15, 0.2) is 0 Å². The average molecular weight is 211 g/mol. The molecule has 0 aromatic heterocycles. The molecule has 0 spiro atoms. The minimum absolute atomic E-state index is 0.322. The van der Waals surface area contributed by atoms with Gasteiger partial charge in [0.1, 0.15) is 0 Å². The fourth-order valence-electron chi connectivity index (χ4n) is 2.43. The number of nitrogens with one attached hydrogen (secondary N) is 2. The molecule has 2 rings (SSSR count). The topological polar surface area (TPSA) is 44.4 Å². The van der Waals surface area contributed by atoms with Gasteiger partial charge in [-0.05, 0) is 26.3 Å². The largest absolute Gasteiger partial charge is 0.340 e. The van der Waals surface area contributed by atoms with Gasteiger partial charge in [0, 0.05) is 38.1 Å². The molecule has 0 radical (unpaired) electrons. The van der Waals surface area contributed by atoms with Crippen molar-refractivity contribution in [3.63, 3.8) is 0 Å². The first-order valence-electron chi connectivity index (χ1n) is 6.00. The van der Waals surface area contributed by atoms with E-state index in [1.807, 2.05) is 4.90 Å². The van der Waals surface area contributed by atoms with E-state index >= 15 is 0 Å². The van der Waals surface area contributed by atoms with E-state index in [4.69, 9.17) is 0 Å². The zero-order chi connectivity index (χ0) is 10.7. The quantitative estimate of drug-likeness (QED) is 0.673. The second-order valence-electron chi connectivity index (χ2n) is 4.69. The highest BCUT2D eigenvalue weighted by Crippen LogP contribution is 2.11. The number of rotatable bonds is 2. The molecule has 2 saturated heterocycles. The van der Waals surface area contributed by atoms with Crippen molar-refractivity contribution >= 4 is 5.91 Å². The predicted octanol–water partition coefficient (Wildman–Crippen LogP) is -0.0512. The highest BCUT2D eigenvalue weighted by molar-refractivity contribution is 5.77. The number of carbonyl (C=O) groups excluding carboxylic acids is 1. The van der Waals surface area contributed by atoms with Crippen molar-refractivity contribution < 1.29 is 4.79 Å². The lowest BCUT2D eigenvalue weighted by Gasteiger charge is -2.32. The predicted molar refractivity (Wildman–Crippen MR) is 59.7 cm³/mol. The Morgan fingerprint density at radius 2 is 2.27 bits per heavy atom. The third-order valence-electron chi connectivity index (χ3n) is 3.30. The Labute approximate surface area is 91.4 Å². The average Bonchev–Trinajstić information content (AvgIpc) is 2.70. The lowest BCUT2D eigenvalue weighted by molar-refractivity contribution is -0.132. The molecule has 1 amide bonds. The summed E-state index contributed by atoms with van der Waals surface area (Å²) in [7, 11) is 0. The van der Waals surface area contributed by atoms with Crippen LogP contribution in [0, 0.1) is 0 Å². The van der Waals surface area contributed by atoms with Gasteiger partial charge in [-0.25, -0.2) is 0 Å². The van der Waals surface area contributed by atoms with Crippen LogP contribution in [0.3, 0.4) is 0 Å². The molecule has 4 heteroatoms. The van der Waals surface area contributed by atoms with Crippen LogP contribution in [0.5, 0.6) is 0 Å². The van der Waals surface area contributed by atoms with E-state index in [0.29, 0.717) is 24.4 Å². The Bertz CT molecular complexity index is 226. The molecule has 0 bridgehead atoms. The van der Waals surface area contributed by atoms with Crippen molar-refractivity contribution in [1.29, 1.82) is 0 Å². The molecule has 0 aliphatic carbocycles. The molecule has 0 aromatic carbocycles. The molecule has 2 atom stereocenters. The van der Waals surface area contributed by atoms with E-state index in [-0.39, 0.29) is 0 Å². The van der Waals surface area contributed by atoms with Crippen LogP contribution in [-0.4, -0.2) is 49.1 Å².